The van der Waals surface area contributed by atoms with E-state index in [0.29, 0.717) is 19.4 Å². The molecule has 10 nitrogen and oxygen atoms in total. The molecule has 0 fully saturated rings. The Morgan fingerprint density at radius 1 is 0.981 bits per heavy atom. The molecule has 0 aromatic heterocycles. The average molecular weight is 769 g/mol. The third kappa shape index (κ3) is 8.04. The van der Waals surface area contributed by atoms with Gasteiger partial charge in [0.15, 0.2) is 0 Å². The molecule has 5 aromatic carbocycles. The number of nitrogens with one attached hydrogen (secondary N) is 2. The number of sulfonamides is 1. The van der Waals surface area contributed by atoms with Crippen molar-refractivity contribution in [3.8, 4) is 16.9 Å². The van der Waals surface area contributed by atoms with E-state index in [1.165, 1.54) is 47.6 Å². The fourth-order valence-electron chi connectivity index (χ4n) is 7.25. The first-order valence-electron chi connectivity index (χ1n) is 17.7. The lowest BCUT2D eigenvalue weighted by atomic mass is 9.91. The monoisotopic (exact) mass is 768 g/mol. The van der Waals surface area contributed by atoms with Crippen molar-refractivity contribution in [2.24, 2.45) is 0 Å². The second-order valence-electron chi connectivity index (χ2n) is 13.9. The number of nitro groups is 1. The highest BCUT2D eigenvalue weighted by Gasteiger charge is 2.35. The molecule has 0 spiro atoms. The van der Waals surface area contributed by atoms with Gasteiger partial charge in [0.25, 0.3) is 21.6 Å². The molecule has 2 N–H and O–H groups in total. The van der Waals surface area contributed by atoms with Crippen molar-refractivity contribution in [1.82, 2.24) is 4.72 Å². The van der Waals surface area contributed by atoms with Crippen LogP contribution in [-0.4, -0.2) is 44.5 Å². The molecule has 2 aliphatic rings. The number of para-hydroxylation sites is 1. The molecule has 1 amide bonds. The molecule has 0 bridgehead atoms. The van der Waals surface area contributed by atoms with E-state index in [4.69, 9.17) is 16.3 Å². The van der Waals surface area contributed by atoms with Crippen molar-refractivity contribution >= 4 is 44.6 Å². The van der Waals surface area contributed by atoms with Gasteiger partial charge in [0.2, 0.25) is 0 Å². The third-order valence-corrected chi connectivity index (χ3v) is 11.5. The number of carbonyl (C=O) groups is 1. The fourth-order valence-corrected chi connectivity index (χ4v) is 8.36. The molecule has 0 radical (unpaired) electrons. The number of benzene rings is 5. The molecule has 2 heterocycles. The summed E-state index contributed by atoms with van der Waals surface area (Å²) in [5, 5.41) is 15.1. The van der Waals surface area contributed by atoms with Crippen molar-refractivity contribution in [2.45, 2.75) is 49.5 Å². The van der Waals surface area contributed by atoms with Gasteiger partial charge in [0.1, 0.15) is 22.9 Å². The molecule has 2 aliphatic heterocycles. The molecule has 278 valence electrons. The highest BCUT2D eigenvalue weighted by atomic mass is 35.5. The van der Waals surface area contributed by atoms with E-state index in [1.54, 1.807) is 18.2 Å². The van der Waals surface area contributed by atoms with Crippen LogP contribution in [0.25, 0.3) is 11.1 Å². The predicted molar refractivity (Wildman–Crippen MR) is 208 cm³/mol. The van der Waals surface area contributed by atoms with Crippen LogP contribution in [0.4, 0.5) is 21.5 Å². The molecular weight excluding hydrogens is 731 g/mol. The summed E-state index contributed by atoms with van der Waals surface area (Å²) in [6.07, 6.45) is 3.92. The lowest BCUT2D eigenvalue weighted by Gasteiger charge is -2.31. The molecule has 5 aromatic rings. The topological polar surface area (TPSA) is 131 Å². The molecule has 54 heavy (non-hydrogen) atoms. The van der Waals surface area contributed by atoms with Gasteiger partial charge in [-0.3, -0.25) is 14.9 Å². The van der Waals surface area contributed by atoms with Crippen molar-refractivity contribution in [3.63, 3.8) is 0 Å². The molecular formula is C41H38ClFN4O6S. The number of ether oxygens (including phenoxy) is 1. The average Bonchev–Trinajstić information content (AvgIpc) is 3.49. The van der Waals surface area contributed by atoms with Crippen LogP contribution in [0.1, 0.15) is 46.8 Å². The van der Waals surface area contributed by atoms with E-state index in [2.05, 4.69) is 22.3 Å². The Morgan fingerprint density at radius 3 is 2.54 bits per heavy atom. The Kier molecular flexibility index (Phi) is 10.3. The summed E-state index contributed by atoms with van der Waals surface area (Å²) >= 11 is 5.84. The fraction of sp³-hybridized carbons (Fsp3) is 0.244. The summed E-state index contributed by atoms with van der Waals surface area (Å²) in [5.41, 5.74) is 5.26. The minimum atomic E-state index is -4.44. The largest absolute Gasteiger partial charge is 0.487 e. The van der Waals surface area contributed by atoms with Crippen LogP contribution in [0, 0.1) is 15.9 Å². The number of aryl methyl sites for hydroxylation is 1. The van der Waals surface area contributed by atoms with Gasteiger partial charge in [0.05, 0.1) is 14.8 Å². The molecule has 13 heteroatoms. The third-order valence-electron chi connectivity index (χ3n) is 9.85. The Labute approximate surface area is 318 Å². The summed E-state index contributed by atoms with van der Waals surface area (Å²) in [6, 6.07) is 28.8. The van der Waals surface area contributed by atoms with Gasteiger partial charge in [-0.1, -0.05) is 54.1 Å². The number of nitrogens with zero attached hydrogens (tertiary/aromatic N) is 2. The zero-order valence-electron chi connectivity index (χ0n) is 29.5. The Morgan fingerprint density at radius 2 is 1.76 bits per heavy atom. The van der Waals surface area contributed by atoms with Crippen LogP contribution in [0.2, 0.25) is 5.02 Å². The predicted octanol–water partition coefficient (Wildman–Crippen LogP) is 8.36. The summed E-state index contributed by atoms with van der Waals surface area (Å²) < 4.78 is 48.8. The normalized spacial score (nSPS) is 16.2. The van der Waals surface area contributed by atoms with Gasteiger partial charge in [-0.2, -0.15) is 0 Å². The Hall–Kier alpha value is -5.46. The summed E-state index contributed by atoms with van der Waals surface area (Å²) in [6.45, 7) is 4.14. The van der Waals surface area contributed by atoms with E-state index >= 15 is 0 Å². The maximum Gasteiger partial charge on any atom is 0.293 e. The zero-order valence-corrected chi connectivity index (χ0v) is 31.1. The number of hydrogen-bond donors (Lipinski definition) is 2. The van der Waals surface area contributed by atoms with E-state index in [0.717, 1.165) is 66.4 Å². The summed E-state index contributed by atoms with van der Waals surface area (Å²) in [5.74, 6) is -0.611. The van der Waals surface area contributed by atoms with Crippen LogP contribution < -0.4 is 19.7 Å². The Balaban J connectivity index is 0.966. The molecule has 1 atom stereocenters. The standard InChI is InChI=1S/C41H38ClFN4O6S/c1-41(25-27-9-16-34(42)35(43)22-27)26-32-23-31(14-18-39(32)53-41)28-10-12-30(13-11-28)40(48)45-54(51,52)33-15-17-36(38(24-33)47(49)50)44-19-5-21-46-20-4-7-29-6-2-3-8-37(29)46/h2-3,6,8-18,22-24,44H,4-5,7,19-21,25-26H2,1H3,(H,45,48). The van der Waals surface area contributed by atoms with E-state index in [-0.39, 0.29) is 16.3 Å². The van der Waals surface area contributed by atoms with Crippen LogP contribution >= 0.6 is 11.6 Å². The number of rotatable bonds is 12. The minimum Gasteiger partial charge on any atom is -0.487 e. The van der Waals surface area contributed by atoms with Gasteiger partial charge >= 0.3 is 0 Å². The molecule has 0 aliphatic carbocycles. The van der Waals surface area contributed by atoms with Gasteiger partial charge in [-0.25, -0.2) is 17.5 Å². The minimum absolute atomic E-state index is 0.0695. The first-order valence-corrected chi connectivity index (χ1v) is 19.5. The number of nitro benzene ring substituents is 1. The SMILES string of the molecule is CC1(Cc2ccc(Cl)c(F)c2)Cc2cc(-c3ccc(C(=O)NS(=O)(=O)c4ccc(NCCCN5CCCc6ccccc65)c([N+](=O)[O-])c4)cc3)ccc2O1. The van der Waals surface area contributed by atoms with Crippen molar-refractivity contribution in [3.05, 3.63) is 146 Å². The Bertz CT molecular complexity index is 2360. The number of hydrogen-bond acceptors (Lipinski definition) is 8. The zero-order chi connectivity index (χ0) is 38.0. The van der Waals surface area contributed by atoms with Crippen molar-refractivity contribution in [2.75, 3.05) is 29.9 Å². The molecule has 0 saturated carbocycles. The van der Waals surface area contributed by atoms with E-state index in [9.17, 15) is 27.7 Å². The smallest absolute Gasteiger partial charge is 0.293 e. The quantitative estimate of drug-likeness (QED) is 0.0736. The summed E-state index contributed by atoms with van der Waals surface area (Å²) in [7, 11) is -4.44. The highest BCUT2D eigenvalue weighted by Crippen LogP contribution is 2.39. The number of amides is 1. The maximum absolute atomic E-state index is 14.0. The molecule has 0 saturated heterocycles. The van der Waals surface area contributed by atoms with Crippen molar-refractivity contribution in [1.29, 1.82) is 0 Å². The van der Waals surface area contributed by atoms with Gasteiger partial charge in [-0.05, 0) is 109 Å². The van der Waals surface area contributed by atoms with Crippen LogP contribution in [0.5, 0.6) is 5.75 Å². The van der Waals surface area contributed by atoms with Gasteiger partial charge < -0.3 is 15.0 Å². The molecule has 7 rings (SSSR count). The van der Waals surface area contributed by atoms with Crippen LogP contribution in [0.15, 0.2) is 108 Å². The maximum atomic E-state index is 14.0. The van der Waals surface area contributed by atoms with E-state index < -0.39 is 42.9 Å². The first kappa shape index (κ1) is 36.9. The van der Waals surface area contributed by atoms with Crippen molar-refractivity contribution < 1.29 is 27.3 Å². The highest BCUT2D eigenvalue weighted by molar-refractivity contribution is 7.90. The van der Waals surface area contributed by atoms with Gasteiger partial charge in [0, 0.05) is 49.8 Å². The lowest BCUT2D eigenvalue weighted by molar-refractivity contribution is -0.384. The van der Waals surface area contributed by atoms with Crippen LogP contribution in [-0.2, 0) is 29.3 Å². The van der Waals surface area contributed by atoms with Gasteiger partial charge in [-0.15, -0.1) is 0 Å². The number of anilines is 2. The number of carbonyl (C=O) groups excluding carboxylic acids is 1. The number of fused-ring (bicyclic) bond motifs is 2. The number of halogens is 2. The second-order valence-corrected chi connectivity index (χ2v) is 16.0. The first-order chi connectivity index (χ1) is 25.9. The van der Waals surface area contributed by atoms with Crippen LogP contribution in [0.3, 0.4) is 0 Å². The van der Waals surface area contributed by atoms with E-state index in [1.807, 2.05) is 42.0 Å². The molecule has 1 unspecified atom stereocenters. The lowest BCUT2D eigenvalue weighted by Crippen LogP contribution is -2.32. The second kappa shape index (κ2) is 15.1. The summed E-state index contributed by atoms with van der Waals surface area (Å²) in [4.78, 5) is 26.3.